The molecule has 0 bridgehead atoms. The van der Waals surface area contributed by atoms with Gasteiger partial charge >= 0.3 is 5.97 Å². The molecule has 0 saturated carbocycles. The van der Waals surface area contributed by atoms with Gasteiger partial charge in [-0.15, -0.1) is 0 Å². The van der Waals surface area contributed by atoms with E-state index < -0.39 is 12.0 Å². The van der Waals surface area contributed by atoms with Gasteiger partial charge in [0, 0.05) is 6.42 Å². The molecule has 29 heavy (non-hydrogen) atoms. The number of carbonyl (C=O) groups is 2. The third kappa shape index (κ3) is 6.50. The zero-order valence-corrected chi connectivity index (χ0v) is 16.0. The molecule has 1 amide bonds. The number of carboxylic acids is 1. The molecule has 5 nitrogen and oxygen atoms in total. The zero-order chi connectivity index (χ0) is 20.5. The highest BCUT2D eigenvalue weighted by atomic mass is 16.5. The number of rotatable bonds is 9. The van der Waals surface area contributed by atoms with Crippen molar-refractivity contribution in [3.05, 3.63) is 102 Å². The van der Waals surface area contributed by atoms with Crippen LogP contribution in [0.4, 0.5) is 0 Å². The van der Waals surface area contributed by atoms with Gasteiger partial charge in [0.05, 0.1) is 6.42 Å². The van der Waals surface area contributed by atoms with Gasteiger partial charge in [0.25, 0.3) is 0 Å². The van der Waals surface area contributed by atoms with Crippen molar-refractivity contribution in [2.75, 3.05) is 0 Å². The van der Waals surface area contributed by atoms with Crippen LogP contribution in [-0.4, -0.2) is 23.0 Å². The highest BCUT2D eigenvalue weighted by Crippen LogP contribution is 2.15. The summed E-state index contributed by atoms with van der Waals surface area (Å²) in [5.41, 5.74) is 2.73. The van der Waals surface area contributed by atoms with E-state index in [0.717, 1.165) is 16.7 Å². The van der Waals surface area contributed by atoms with Crippen LogP contribution in [-0.2, 0) is 29.0 Å². The average Bonchev–Trinajstić information content (AvgIpc) is 2.74. The van der Waals surface area contributed by atoms with Crippen molar-refractivity contribution >= 4 is 11.9 Å². The van der Waals surface area contributed by atoms with Gasteiger partial charge in [-0.1, -0.05) is 72.8 Å². The van der Waals surface area contributed by atoms with Crippen molar-refractivity contribution in [1.82, 2.24) is 5.32 Å². The first-order chi connectivity index (χ1) is 14.1. The second kappa shape index (κ2) is 10.1. The normalized spacial score (nSPS) is 11.4. The van der Waals surface area contributed by atoms with Crippen molar-refractivity contribution in [3.8, 4) is 5.75 Å². The van der Waals surface area contributed by atoms with Crippen molar-refractivity contribution < 1.29 is 19.4 Å². The molecule has 0 saturated heterocycles. The highest BCUT2D eigenvalue weighted by Gasteiger charge is 2.20. The Balaban J connectivity index is 1.52. The smallest absolute Gasteiger partial charge is 0.326 e. The molecule has 0 aliphatic heterocycles. The van der Waals surface area contributed by atoms with E-state index in [0.29, 0.717) is 12.4 Å². The monoisotopic (exact) mass is 389 g/mol. The maximum atomic E-state index is 12.3. The molecule has 3 aromatic carbocycles. The Morgan fingerprint density at radius 2 is 1.38 bits per heavy atom. The van der Waals surface area contributed by atoms with E-state index in [9.17, 15) is 14.7 Å². The molecule has 0 aromatic heterocycles. The Morgan fingerprint density at radius 3 is 1.97 bits per heavy atom. The molecule has 0 aliphatic carbocycles. The Hall–Kier alpha value is -3.60. The quantitative estimate of drug-likeness (QED) is 0.586. The molecule has 0 radical (unpaired) electrons. The van der Waals surface area contributed by atoms with Gasteiger partial charge in [-0.2, -0.15) is 0 Å². The van der Waals surface area contributed by atoms with Crippen LogP contribution in [0, 0.1) is 0 Å². The predicted octanol–water partition coefficient (Wildman–Crippen LogP) is 3.62. The topological polar surface area (TPSA) is 75.6 Å². The van der Waals surface area contributed by atoms with Gasteiger partial charge in [-0.05, 0) is 28.8 Å². The minimum Gasteiger partial charge on any atom is -0.489 e. The van der Waals surface area contributed by atoms with Gasteiger partial charge in [-0.25, -0.2) is 4.79 Å². The summed E-state index contributed by atoms with van der Waals surface area (Å²) in [6.07, 6.45) is 0.353. The van der Waals surface area contributed by atoms with Crippen molar-refractivity contribution in [1.29, 1.82) is 0 Å². The minimum absolute atomic E-state index is 0.109. The van der Waals surface area contributed by atoms with Crippen molar-refractivity contribution in [2.45, 2.75) is 25.5 Å². The molecule has 1 atom stereocenters. The number of carboxylic acid groups (broad SMARTS) is 1. The van der Waals surface area contributed by atoms with E-state index in [-0.39, 0.29) is 18.7 Å². The van der Waals surface area contributed by atoms with E-state index in [1.165, 1.54) is 0 Å². The Labute approximate surface area is 170 Å². The Morgan fingerprint density at radius 1 is 0.793 bits per heavy atom. The van der Waals surface area contributed by atoms with Crippen LogP contribution in [0.3, 0.4) is 0 Å². The number of carbonyl (C=O) groups excluding carboxylic acids is 1. The summed E-state index contributed by atoms with van der Waals surface area (Å²) in [5.74, 6) is -0.663. The Bertz CT molecular complexity index is 924. The third-order valence-corrected chi connectivity index (χ3v) is 4.45. The van der Waals surface area contributed by atoms with E-state index >= 15 is 0 Å². The summed E-state index contributed by atoms with van der Waals surface area (Å²) in [6.45, 7) is 0.473. The predicted molar refractivity (Wildman–Crippen MR) is 111 cm³/mol. The molecular weight excluding hydrogens is 366 g/mol. The molecule has 2 N–H and O–H groups in total. The molecule has 1 unspecified atom stereocenters. The summed E-state index contributed by atoms with van der Waals surface area (Å²) >= 11 is 0. The highest BCUT2D eigenvalue weighted by molar-refractivity contribution is 5.85. The van der Waals surface area contributed by atoms with Gasteiger partial charge in [0.1, 0.15) is 18.4 Å². The molecular formula is C24H23NO4. The molecule has 5 heteroatoms. The fraction of sp³-hybridized carbons (Fsp3) is 0.167. The molecule has 3 aromatic rings. The number of nitrogens with one attached hydrogen (secondary N) is 1. The largest absolute Gasteiger partial charge is 0.489 e. The van der Waals surface area contributed by atoms with Crippen LogP contribution in [0.15, 0.2) is 84.9 Å². The standard InChI is InChI=1S/C24H23NO4/c26-23(25-22(24(27)28)15-18-7-3-1-4-8-18)16-19-11-13-21(14-12-19)29-17-20-9-5-2-6-10-20/h1-14,22H,15-17H2,(H,25,26)(H,27,28). The van der Waals surface area contributed by atoms with Gasteiger partial charge in [0.2, 0.25) is 5.91 Å². The first kappa shape index (κ1) is 20.1. The maximum absolute atomic E-state index is 12.3. The lowest BCUT2D eigenvalue weighted by molar-refractivity contribution is -0.141. The van der Waals surface area contributed by atoms with Gasteiger partial charge < -0.3 is 15.2 Å². The fourth-order valence-corrected chi connectivity index (χ4v) is 2.93. The van der Waals surface area contributed by atoms with Crippen LogP contribution < -0.4 is 10.1 Å². The number of ether oxygens (including phenoxy) is 1. The second-order valence-corrected chi connectivity index (χ2v) is 6.74. The molecule has 0 fully saturated rings. The first-order valence-electron chi connectivity index (χ1n) is 9.42. The molecule has 0 heterocycles. The average molecular weight is 389 g/mol. The lowest BCUT2D eigenvalue weighted by Crippen LogP contribution is -2.43. The van der Waals surface area contributed by atoms with Crippen molar-refractivity contribution in [3.63, 3.8) is 0 Å². The lowest BCUT2D eigenvalue weighted by Gasteiger charge is -2.15. The maximum Gasteiger partial charge on any atom is 0.326 e. The lowest BCUT2D eigenvalue weighted by atomic mass is 10.1. The first-order valence-corrected chi connectivity index (χ1v) is 9.42. The number of hydrogen-bond acceptors (Lipinski definition) is 3. The van der Waals surface area contributed by atoms with Gasteiger partial charge in [0.15, 0.2) is 0 Å². The SMILES string of the molecule is O=C(Cc1ccc(OCc2ccccc2)cc1)NC(Cc1ccccc1)C(=O)O. The molecule has 148 valence electrons. The summed E-state index contributed by atoms with van der Waals surface area (Å²) < 4.78 is 5.74. The van der Waals surface area contributed by atoms with Crippen LogP contribution >= 0.6 is 0 Å². The van der Waals surface area contributed by atoms with Crippen LogP contribution in [0.2, 0.25) is 0 Å². The molecule has 3 rings (SSSR count). The van der Waals surface area contributed by atoms with Crippen LogP contribution in [0.1, 0.15) is 16.7 Å². The third-order valence-electron chi connectivity index (χ3n) is 4.45. The second-order valence-electron chi connectivity index (χ2n) is 6.74. The van der Waals surface area contributed by atoms with E-state index in [2.05, 4.69) is 5.32 Å². The fourth-order valence-electron chi connectivity index (χ4n) is 2.93. The van der Waals surface area contributed by atoms with E-state index in [4.69, 9.17) is 4.74 Å². The summed E-state index contributed by atoms with van der Waals surface area (Å²) in [4.78, 5) is 23.8. The number of benzene rings is 3. The summed E-state index contributed by atoms with van der Waals surface area (Å²) in [7, 11) is 0. The van der Waals surface area contributed by atoms with Crippen molar-refractivity contribution in [2.24, 2.45) is 0 Å². The molecule has 0 spiro atoms. The van der Waals surface area contributed by atoms with Crippen LogP contribution in [0.25, 0.3) is 0 Å². The van der Waals surface area contributed by atoms with Crippen LogP contribution in [0.5, 0.6) is 5.75 Å². The van der Waals surface area contributed by atoms with E-state index in [1.54, 1.807) is 0 Å². The van der Waals surface area contributed by atoms with E-state index in [1.807, 2.05) is 84.9 Å². The van der Waals surface area contributed by atoms with Gasteiger partial charge in [-0.3, -0.25) is 4.79 Å². The number of aliphatic carboxylic acids is 1. The Kier molecular flexibility index (Phi) is 7.00. The minimum atomic E-state index is -1.05. The molecule has 0 aliphatic rings. The number of amides is 1. The summed E-state index contributed by atoms with van der Waals surface area (Å²) in [5, 5.41) is 12.0. The summed E-state index contributed by atoms with van der Waals surface area (Å²) in [6, 6.07) is 25.4. The number of hydrogen-bond donors (Lipinski definition) is 2. The zero-order valence-electron chi connectivity index (χ0n) is 16.0.